The Morgan fingerprint density at radius 3 is 2.75 bits per heavy atom. The largest absolute Gasteiger partial charge is 0.493 e. The van der Waals surface area contributed by atoms with E-state index in [2.05, 4.69) is 6.58 Å². The number of alkyl halides is 3. The summed E-state index contributed by atoms with van der Waals surface area (Å²) in [4.78, 5) is 0. The quantitative estimate of drug-likeness (QED) is 0.858. The van der Waals surface area contributed by atoms with Gasteiger partial charge in [-0.3, -0.25) is 0 Å². The molecule has 1 aliphatic heterocycles. The summed E-state index contributed by atoms with van der Waals surface area (Å²) >= 11 is 0. The fraction of sp³-hybridized carbons (Fsp3) is 0.467. The third-order valence-corrected chi connectivity index (χ3v) is 3.72. The lowest BCUT2D eigenvalue weighted by Crippen LogP contribution is -2.44. The topological polar surface area (TPSA) is 29.5 Å². The highest BCUT2D eigenvalue weighted by molar-refractivity contribution is 5.41. The molecule has 1 N–H and O–H groups in total. The number of hydrogen-bond acceptors (Lipinski definition) is 2. The van der Waals surface area contributed by atoms with Crippen molar-refractivity contribution in [2.45, 2.75) is 37.5 Å². The monoisotopic (exact) mass is 286 g/mol. The Bertz CT molecular complexity index is 510. The fourth-order valence-corrected chi connectivity index (χ4v) is 2.47. The number of aryl methyl sites for hydroxylation is 1. The van der Waals surface area contributed by atoms with Crippen molar-refractivity contribution in [3.63, 3.8) is 0 Å². The first-order valence-electron chi connectivity index (χ1n) is 6.43. The molecular formula is C15H17F3O2. The van der Waals surface area contributed by atoms with Crippen molar-refractivity contribution in [3.05, 3.63) is 42.0 Å². The molecular weight excluding hydrogens is 269 g/mol. The van der Waals surface area contributed by atoms with E-state index < -0.39 is 24.1 Å². The van der Waals surface area contributed by atoms with Crippen LogP contribution in [0.3, 0.4) is 0 Å². The van der Waals surface area contributed by atoms with Crippen molar-refractivity contribution in [1.29, 1.82) is 0 Å². The molecule has 1 aliphatic rings. The number of aliphatic hydroxyl groups is 1. The van der Waals surface area contributed by atoms with Crippen molar-refractivity contribution in [2.75, 3.05) is 6.61 Å². The summed E-state index contributed by atoms with van der Waals surface area (Å²) in [7, 11) is 0. The van der Waals surface area contributed by atoms with Gasteiger partial charge in [0.05, 0.1) is 6.61 Å². The molecule has 1 heterocycles. The van der Waals surface area contributed by atoms with Crippen LogP contribution in [-0.4, -0.2) is 23.5 Å². The van der Waals surface area contributed by atoms with E-state index in [9.17, 15) is 18.3 Å². The summed E-state index contributed by atoms with van der Waals surface area (Å²) in [6.45, 7) is 5.38. The molecule has 1 aromatic carbocycles. The van der Waals surface area contributed by atoms with Gasteiger partial charge in [-0.1, -0.05) is 24.8 Å². The zero-order valence-corrected chi connectivity index (χ0v) is 11.2. The number of hydrogen-bond donors (Lipinski definition) is 1. The van der Waals surface area contributed by atoms with Gasteiger partial charge in [-0.05, 0) is 42.9 Å². The van der Waals surface area contributed by atoms with Crippen LogP contribution in [0, 0.1) is 6.92 Å². The van der Waals surface area contributed by atoms with Crippen LogP contribution in [0.5, 0.6) is 5.75 Å². The maximum Gasteiger partial charge on any atom is 0.420 e. The number of rotatable bonds is 3. The predicted octanol–water partition coefficient (Wildman–Crippen LogP) is 3.73. The van der Waals surface area contributed by atoms with E-state index in [0.717, 1.165) is 5.56 Å². The van der Waals surface area contributed by atoms with Crippen LogP contribution in [0.2, 0.25) is 0 Å². The van der Waals surface area contributed by atoms with Crippen LogP contribution >= 0.6 is 0 Å². The molecule has 0 aromatic heterocycles. The third-order valence-electron chi connectivity index (χ3n) is 3.72. The molecule has 1 aromatic rings. The molecule has 5 heteroatoms. The maximum absolute atomic E-state index is 12.9. The van der Waals surface area contributed by atoms with Crippen molar-refractivity contribution in [2.24, 2.45) is 0 Å². The Balaban J connectivity index is 2.30. The van der Waals surface area contributed by atoms with E-state index >= 15 is 0 Å². The highest BCUT2D eigenvalue weighted by atomic mass is 19.4. The standard InChI is InChI=1S/C15H17F3O2/c1-3-14(19,15(16,17)18)9-11-6-7-20-13-8-10(2)4-5-12(11)13/h3-5,8,11,19H,1,6-7,9H2,2H3. The summed E-state index contributed by atoms with van der Waals surface area (Å²) < 4.78 is 44.3. The van der Waals surface area contributed by atoms with Gasteiger partial charge in [0.2, 0.25) is 0 Å². The van der Waals surface area contributed by atoms with Gasteiger partial charge in [0.1, 0.15) is 5.75 Å². The Kier molecular flexibility index (Phi) is 3.82. The number of benzene rings is 1. The van der Waals surface area contributed by atoms with Gasteiger partial charge in [0.15, 0.2) is 5.60 Å². The summed E-state index contributed by atoms with van der Waals surface area (Å²) in [5.74, 6) is 0.207. The number of fused-ring (bicyclic) bond motifs is 1. The molecule has 0 saturated heterocycles. The van der Waals surface area contributed by atoms with E-state index in [1.165, 1.54) is 0 Å². The fourth-order valence-electron chi connectivity index (χ4n) is 2.47. The first-order chi connectivity index (χ1) is 9.27. The zero-order chi connectivity index (χ0) is 15.0. The third kappa shape index (κ3) is 2.68. The zero-order valence-electron chi connectivity index (χ0n) is 11.2. The average Bonchev–Trinajstić information content (AvgIpc) is 2.37. The number of halogens is 3. The molecule has 2 atom stereocenters. The molecule has 0 bridgehead atoms. The van der Waals surface area contributed by atoms with Gasteiger partial charge in [-0.2, -0.15) is 13.2 Å². The first kappa shape index (κ1) is 14.9. The molecule has 0 saturated carbocycles. The number of ether oxygens (including phenoxy) is 1. The van der Waals surface area contributed by atoms with Gasteiger partial charge in [-0.15, -0.1) is 0 Å². The summed E-state index contributed by atoms with van der Waals surface area (Å²) in [5.41, 5.74) is -1.16. The SMILES string of the molecule is C=CC(O)(CC1CCOc2cc(C)ccc21)C(F)(F)F. The molecule has 110 valence electrons. The van der Waals surface area contributed by atoms with Gasteiger partial charge in [-0.25, -0.2) is 0 Å². The predicted molar refractivity (Wildman–Crippen MR) is 69.9 cm³/mol. The van der Waals surface area contributed by atoms with Gasteiger partial charge in [0, 0.05) is 0 Å². The van der Waals surface area contributed by atoms with Gasteiger partial charge >= 0.3 is 6.18 Å². The van der Waals surface area contributed by atoms with Crippen LogP contribution in [0.1, 0.15) is 29.9 Å². The average molecular weight is 286 g/mol. The summed E-state index contributed by atoms with van der Waals surface area (Å²) in [6.07, 6.45) is -4.13. The molecule has 2 rings (SSSR count). The molecule has 2 unspecified atom stereocenters. The highest BCUT2D eigenvalue weighted by Crippen LogP contribution is 2.44. The van der Waals surface area contributed by atoms with Crippen LogP contribution in [0.15, 0.2) is 30.9 Å². The maximum atomic E-state index is 12.9. The first-order valence-corrected chi connectivity index (χ1v) is 6.43. The second kappa shape index (κ2) is 5.13. The second-order valence-corrected chi connectivity index (χ2v) is 5.21. The summed E-state index contributed by atoms with van der Waals surface area (Å²) in [5, 5.41) is 9.81. The van der Waals surface area contributed by atoms with E-state index in [-0.39, 0.29) is 0 Å². The molecule has 20 heavy (non-hydrogen) atoms. The molecule has 0 spiro atoms. The Morgan fingerprint density at radius 2 is 2.15 bits per heavy atom. The van der Waals surface area contributed by atoms with Crippen molar-refractivity contribution in [3.8, 4) is 5.75 Å². The smallest absolute Gasteiger partial charge is 0.420 e. The van der Waals surface area contributed by atoms with Gasteiger partial charge < -0.3 is 9.84 Å². The summed E-state index contributed by atoms with van der Waals surface area (Å²) in [6, 6.07) is 5.41. The minimum Gasteiger partial charge on any atom is -0.493 e. The molecule has 0 fully saturated rings. The minimum atomic E-state index is -4.72. The lowest BCUT2D eigenvalue weighted by molar-refractivity contribution is -0.243. The minimum absolute atomic E-state index is 0.353. The van der Waals surface area contributed by atoms with Crippen LogP contribution in [-0.2, 0) is 0 Å². The molecule has 2 nitrogen and oxygen atoms in total. The Hall–Kier alpha value is -1.49. The van der Waals surface area contributed by atoms with Crippen LogP contribution < -0.4 is 4.74 Å². The van der Waals surface area contributed by atoms with Crippen molar-refractivity contribution < 1.29 is 23.0 Å². The lowest BCUT2D eigenvalue weighted by atomic mass is 9.82. The van der Waals surface area contributed by atoms with Crippen molar-refractivity contribution >= 4 is 0 Å². The Morgan fingerprint density at radius 1 is 1.45 bits per heavy atom. The van der Waals surface area contributed by atoms with E-state index in [4.69, 9.17) is 4.74 Å². The molecule has 0 aliphatic carbocycles. The van der Waals surface area contributed by atoms with E-state index in [1.54, 1.807) is 6.07 Å². The highest BCUT2D eigenvalue weighted by Gasteiger charge is 2.52. The van der Waals surface area contributed by atoms with E-state index in [0.29, 0.717) is 30.4 Å². The molecule has 0 amide bonds. The van der Waals surface area contributed by atoms with Gasteiger partial charge in [0.25, 0.3) is 0 Å². The van der Waals surface area contributed by atoms with E-state index in [1.807, 2.05) is 19.1 Å². The van der Waals surface area contributed by atoms with Crippen molar-refractivity contribution in [1.82, 2.24) is 0 Å². The second-order valence-electron chi connectivity index (χ2n) is 5.21. The normalized spacial score (nSPS) is 21.6. The van der Waals surface area contributed by atoms with Crippen LogP contribution in [0.25, 0.3) is 0 Å². The lowest BCUT2D eigenvalue weighted by Gasteiger charge is -2.34. The Labute approximate surface area is 115 Å². The van der Waals surface area contributed by atoms with Crippen LogP contribution in [0.4, 0.5) is 13.2 Å². The molecule has 0 radical (unpaired) electrons.